The number of carboxylic acids is 1. The number of ether oxygens (including phenoxy) is 1. The van der Waals surface area contributed by atoms with Crippen LogP contribution in [0.15, 0.2) is 24.3 Å². The van der Waals surface area contributed by atoms with E-state index in [1.807, 2.05) is 0 Å². The van der Waals surface area contributed by atoms with E-state index in [2.05, 4.69) is 0 Å². The summed E-state index contributed by atoms with van der Waals surface area (Å²) in [5.41, 5.74) is 0. The fraction of sp³-hybridized carbons (Fsp3) is 0.385. The minimum Gasteiger partial charge on any atom is -0.484 e. The number of hydrogen-bond donors (Lipinski definition) is 1. The van der Waals surface area contributed by atoms with Gasteiger partial charge in [0.15, 0.2) is 6.61 Å². The number of rotatable bonds is 4. The van der Waals surface area contributed by atoms with Gasteiger partial charge in [-0.25, -0.2) is 4.39 Å². The lowest BCUT2D eigenvalue weighted by Gasteiger charge is -2.16. The molecule has 1 aromatic rings. The number of carbonyl (C=O) groups excluding carboxylic acids is 1. The van der Waals surface area contributed by atoms with Crippen LogP contribution >= 0.6 is 0 Å². The molecule has 0 unspecified atom stereocenters. The van der Waals surface area contributed by atoms with Crippen LogP contribution in [-0.2, 0) is 9.59 Å². The number of carboxylic acid groups (broad SMARTS) is 1. The van der Waals surface area contributed by atoms with E-state index in [0.717, 1.165) is 0 Å². The summed E-state index contributed by atoms with van der Waals surface area (Å²) in [7, 11) is 0. The molecule has 1 saturated heterocycles. The van der Waals surface area contributed by atoms with Gasteiger partial charge in [-0.3, -0.25) is 9.59 Å². The zero-order valence-corrected chi connectivity index (χ0v) is 10.2. The molecule has 1 aromatic carbocycles. The number of hydrogen-bond acceptors (Lipinski definition) is 3. The Morgan fingerprint density at radius 2 is 2.26 bits per heavy atom. The van der Waals surface area contributed by atoms with Gasteiger partial charge in [0, 0.05) is 19.2 Å². The zero-order valence-electron chi connectivity index (χ0n) is 10.2. The van der Waals surface area contributed by atoms with Crippen molar-refractivity contribution in [2.75, 3.05) is 19.7 Å². The Morgan fingerprint density at radius 3 is 2.89 bits per heavy atom. The van der Waals surface area contributed by atoms with E-state index in [9.17, 15) is 14.0 Å². The fourth-order valence-electron chi connectivity index (χ4n) is 1.98. The average molecular weight is 267 g/mol. The molecule has 19 heavy (non-hydrogen) atoms. The number of aliphatic carboxylic acids is 1. The van der Waals surface area contributed by atoms with Crippen molar-refractivity contribution < 1.29 is 23.8 Å². The average Bonchev–Trinajstić information content (AvgIpc) is 2.86. The van der Waals surface area contributed by atoms with Crippen molar-refractivity contribution in [2.45, 2.75) is 6.42 Å². The van der Waals surface area contributed by atoms with Crippen molar-refractivity contribution in [2.24, 2.45) is 5.92 Å². The van der Waals surface area contributed by atoms with Crippen molar-refractivity contribution in [1.29, 1.82) is 0 Å². The lowest BCUT2D eigenvalue weighted by atomic mass is 10.1. The molecule has 1 aliphatic heterocycles. The molecule has 1 aliphatic rings. The third kappa shape index (κ3) is 3.43. The highest BCUT2D eigenvalue weighted by atomic mass is 19.1. The Labute approximate surface area is 109 Å². The fourth-order valence-corrected chi connectivity index (χ4v) is 1.98. The Bertz CT molecular complexity index is 491. The highest BCUT2D eigenvalue weighted by Gasteiger charge is 2.30. The largest absolute Gasteiger partial charge is 0.484 e. The molecule has 0 aliphatic carbocycles. The molecule has 1 N–H and O–H groups in total. The third-order valence-corrected chi connectivity index (χ3v) is 3.05. The second-order valence-electron chi connectivity index (χ2n) is 4.41. The van der Waals surface area contributed by atoms with Gasteiger partial charge >= 0.3 is 5.97 Å². The van der Waals surface area contributed by atoms with E-state index in [1.54, 1.807) is 6.07 Å². The van der Waals surface area contributed by atoms with Gasteiger partial charge in [0.1, 0.15) is 11.6 Å². The maximum Gasteiger partial charge on any atom is 0.308 e. The van der Waals surface area contributed by atoms with Crippen LogP contribution in [0.25, 0.3) is 0 Å². The lowest BCUT2D eigenvalue weighted by Crippen LogP contribution is -2.33. The standard InChI is InChI=1S/C13H14FNO4/c14-10-2-1-3-11(6-10)19-8-12(16)15-5-4-9(7-15)13(17)18/h1-3,6,9H,4-5,7-8H2,(H,17,18)/t9-/m0/s1. The first-order chi connectivity index (χ1) is 9.06. The topological polar surface area (TPSA) is 66.8 Å². The van der Waals surface area contributed by atoms with Crippen LogP contribution in [0.3, 0.4) is 0 Å². The molecule has 0 aromatic heterocycles. The number of carbonyl (C=O) groups is 2. The van der Waals surface area contributed by atoms with Gasteiger partial charge in [0.2, 0.25) is 0 Å². The van der Waals surface area contributed by atoms with E-state index in [0.29, 0.717) is 13.0 Å². The van der Waals surface area contributed by atoms with E-state index in [1.165, 1.54) is 23.1 Å². The quantitative estimate of drug-likeness (QED) is 0.888. The van der Waals surface area contributed by atoms with E-state index >= 15 is 0 Å². The summed E-state index contributed by atoms with van der Waals surface area (Å²) in [4.78, 5) is 24.0. The normalized spacial score (nSPS) is 18.4. The molecule has 102 valence electrons. The number of benzene rings is 1. The first-order valence-corrected chi connectivity index (χ1v) is 5.95. The van der Waals surface area contributed by atoms with Gasteiger partial charge < -0.3 is 14.7 Å². The lowest BCUT2D eigenvalue weighted by molar-refractivity contribution is -0.141. The smallest absolute Gasteiger partial charge is 0.308 e. The van der Waals surface area contributed by atoms with E-state index < -0.39 is 17.7 Å². The van der Waals surface area contributed by atoms with E-state index in [4.69, 9.17) is 9.84 Å². The van der Waals surface area contributed by atoms with Crippen LogP contribution in [0.4, 0.5) is 4.39 Å². The number of likely N-dealkylation sites (tertiary alicyclic amines) is 1. The molecule has 1 amide bonds. The predicted octanol–water partition coefficient (Wildman–Crippen LogP) is 1.14. The molecule has 0 saturated carbocycles. The van der Waals surface area contributed by atoms with Crippen molar-refractivity contribution in [1.82, 2.24) is 4.90 Å². The number of halogens is 1. The molecule has 0 bridgehead atoms. The second-order valence-corrected chi connectivity index (χ2v) is 4.41. The van der Waals surface area contributed by atoms with Gasteiger partial charge in [-0.15, -0.1) is 0 Å². The first kappa shape index (κ1) is 13.3. The van der Waals surface area contributed by atoms with Crippen LogP contribution in [0.1, 0.15) is 6.42 Å². The van der Waals surface area contributed by atoms with Crippen LogP contribution < -0.4 is 4.74 Å². The second kappa shape index (κ2) is 5.69. The predicted molar refractivity (Wildman–Crippen MR) is 64.2 cm³/mol. The van der Waals surface area contributed by atoms with Gasteiger partial charge in [0.05, 0.1) is 5.92 Å². The SMILES string of the molecule is O=C(O)[C@H]1CCN(C(=O)COc2cccc(F)c2)C1. The van der Waals surface area contributed by atoms with Gasteiger partial charge in [0.25, 0.3) is 5.91 Å². The minimum absolute atomic E-state index is 0.209. The maximum atomic E-state index is 12.9. The summed E-state index contributed by atoms with van der Waals surface area (Å²) in [5.74, 6) is -1.83. The monoisotopic (exact) mass is 267 g/mol. The Kier molecular flexibility index (Phi) is 3.99. The third-order valence-electron chi connectivity index (χ3n) is 3.05. The Hall–Kier alpha value is -2.11. The van der Waals surface area contributed by atoms with E-state index in [-0.39, 0.29) is 24.8 Å². The van der Waals surface area contributed by atoms with Crippen LogP contribution in [0, 0.1) is 11.7 Å². The molecule has 2 rings (SSSR count). The van der Waals surface area contributed by atoms with Crippen molar-refractivity contribution >= 4 is 11.9 Å². The summed E-state index contributed by atoms with van der Waals surface area (Å²) >= 11 is 0. The summed E-state index contributed by atoms with van der Waals surface area (Å²) < 4.78 is 18.1. The molecule has 0 spiro atoms. The zero-order chi connectivity index (χ0) is 13.8. The van der Waals surface area contributed by atoms with Crippen molar-refractivity contribution in [3.63, 3.8) is 0 Å². The van der Waals surface area contributed by atoms with Gasteiger partial charge in [-0.1, -0.05) is 6.07 Å². The summed E-state index contributed by atoms with van der Waals surface area (Å²) in [5, 5.41) is 8.84. The number of amides is 1. The van der Waals surface area contributed by atoms with Gasteiger partial charge in [-0.2, -0.15) is 0 Å². The molecular formula is C13H14FNO4. The van der Waals surface area contributed by atoms with Crippen LogP contribution in [0.2, 0.25) is 0 Å². The molecule has 6 heteroatoms. The Morgan fingerprint density at radius 1 is 1.47 bits per heavy atom. The molecule has 0 radical (unpaired) electrons. The molecule has 1 fully saturated rings. The summed E-state index contributed by atoms with van der Waals surface area (Å²) in [6, 6.07) is 5.52. The highest BCUT2D eigenvalue weighted by molar-refractivity contribution is 5.79. The van der Waals surface area contributed by atoms with Crippen molar-refractivity contribution in [3.05, 3.63) is 30.1 Å². The molecule has 1 heterocycles. The first-order valence-electron chi connectivity index (χ1n) is 5.95. The summed E-state index contributed by atoms with van der Waals surface area (Å²) in [6.07, 6.45) is 0.459. The minimum atomic E-state index is -0.888. The van der Waals surface area contributed by atoms with Crippen LogP contribution in [0.5, 0.6) is 5.75 Å². The maximum absolute atomic E-state index is 12.9. The van der Waals surface area contributed by atoms with Gasteiger partial charge in [-0.05, 0) is 18.6 Å². The molecule has 5 nitrogen and oxygen atoms in total. The Balaban J connectivity index is 1.84. The molecule has 1 atom stereocenters. The molecular weight excluding hydrogens is 253 g/mol. The summed E-state index contributed by atoms with van der Waals surface area (Å²) in [6.45, 7) is 0.415. The van der Waals surface area contributed by atoms with Crippen molar-refractivity contribution in [3.8, 4) is 5.75 Å². The highest BCUT2D eigenvalue weighted by Crippen LogP contribution is 2.17. The number of nitrogens with zero attached hydrogens (tertiary/aromatic N) is 1. The van der Waals surface area contributed by atoms with Crippen LogP contribution in [-0.4, -0.2) is 41.6 Å².